The molecule has 1 nitrogen and oxygen atoms in total. The highest BCUT2D eigenvalue weighted by molar-refractivity contribution is 5.66. The van der Waals surface area contributed by atoms with Crippen molar-refractivity contribution in [2.24, 2.45) is 5.92 Å². The summed E-state index contributed by atoms with van der Waals surface area (Å²) in [4.78, 5) is 0. The molecule has 0 N–H and O–H groups in total. The lowest BCUT2D eigenvalue weighted by Gasteiger charge is -2.29. The Morgan fingerprint density at radius 1 is 0.875 bits per heavy atom. The third kappa shape index (κ3) is 6.20. The van der Waals surface area contributed by atoms with E-state index in [0.29, 0.717) is 0 Å². The SMILES string of the molecule is CCCCCC1CCC(c2ccc(-c3ccc(OCC(F)(F)F)c(F)c3F)c(F)c2)CC1. The van der Waals surface area contributed by atoms with Gasteiger partial charge in [-0.3, -0.25) is 0 Å². The average Bonchev–Trinajstić information content (AvgIpc) is 2.75. The van der Waals surface area contributed by atoms with Crippen molar-refractivity contribution in [3.05, 3.63) is 53.3 Å². The maximum atomic E-state index is 14.8. The molecule has 3 rings (SSSR count). The molecule has 2 aromatic carbocycles. The van der Waals surface area contributed by atoms with Crippen molar-refractivity contribution < 1.29 is 31.1 Å². The Morgan fingerprint density at radius 3 is 2.19 bits per heavy atom. The Morgan fingerprint density at radius 2 is 1.56 bits per heavy atom. The molecule has 1 aliphatic rings. The Kier molecular flexibility index (Phi) is 8.12. The van der Waals surface area contributed by atoms with Crippen LogP contribution in [0.4, 0.5) is 26.3 Å². The van der Waals surface area contributed by atoms with Gasteiger partial charge in [0.15, 0.2) is 18.2 Å². The van der Waals surface area contributed by atoms with E-state index in [1.54, 1.807) is 6.07 Å². The van der Waals surface area contributed by atoms with Crippen LogP contribution in [-0.4, -0.2) is 12.8 Å². The molecule has 1 saturated carbocycles. The number of rotatable bonds is 8. The summed E-state index contributed by atoms with van der Waals surface area (Å²) in [5, 5.41) is 0. The van der Waals surface area contributed by atoms with Crippen molar-refractivity contribution in [3.8, 4) is 16.9 Å². The molecule has 7 heteroatoms. The number of hydrogen-bond donors (Lipinski definition) is 0. The first-order valence-corrected chi connectivity index (χ1v) is 11.2. The summed E-state index contributed by atoms with van der Waals surface area (Å²) in [6, 6.07) is 6.41. The summed E-state index contributed by atoms with van der Waals surface area (Å²) in [6.07, 6.45) is 4.42. The van der Waals surface area contributed by atoms with Gasteiger partial charge in [0.05, 0.1) is 0 Å². The van der Waals surface area contributed by atoms with Gasteiger partial charge in [0.25, 0.3) is 0 Å². The van der Waals surface area contributed by atoms with E-state index >= 15 is 0 Å². The number of alkyl halides is 3. The Hall–Kier alpha value is -2.18. The topological polar surface area (TPSA) is 9.23 Å². The van der Waals surface area contributed by atoms with E-state index in [1.807, 2.05) is 0 Å². The maximum Gasteiger partial charge on any atom is 0.422 e. The average molecular weight is 458 g/mol. The Bertz CT molecular complexity index is 900. The van der Waals surface area contributed by atoms with E-state index in [1.165, 1.54) is 37.8 Å². The van der Waals surface area contributed by atoms with Crippen LogP contribution in [-0.2, 0) is 0 Å². The number of hydrogen-bond acceptors (Lipinski definition) is 1. The molecule has 0 radical (unpaired) electrons. The summed E-state index contributed by atoms with van der Waals surface area (Å²) in [5.74, 6) is -3.61. The predicted octanol–water partition coefficient (Wildman–Crippen LogP) is 8.57. The fourth-order valence-electron chi connectivity index (χ4n) is 4.48. The Labute approximate surface area is 184 Å². The molecule has 0 bridgehead atoms. The fourth-order valence-corrected chi connectivity index (χ4v) is 4.48. The van der Waals surface area contributed by atoms with E-state index in [2.05, 4.69) is 11.7 Å². The minimum Gasteiger partial charge on any atom is -0.481 e. The smallest absolute Gasteiger partial charge is 0.422 e. The van der Waals surface area contributed by atoms with Crippen molar-refractivity contribution in [3.63, 3.8) is 0 Å². The summed E-state index contributed by atoms with van der Waals surface area (Å²) in [5.41, 5.74) is 0.343. The first-order chi connectivity index (χ1) is 15.2. The number of unbranched alkanes of at least 4 members (excludes halogenated alkanes) is 2. The molecule has 0 heterocycles. The Balaban J connectivity index is 1.70. The largest absolute Gasteiger partial charge is 0.481 e. The van der Waals surface area contributed by atoms with Crippen LogP contribution in [0.3, 0.4) is 0 Å². The van der Waals surface area contributed by atoms with Crippen LogP contribution in [0.1, 0.15) is 69.8 Å². The van der Waals surface area contributed by atoms with E-state index < -0.39 is 36.0 Å². The third-order valence-corrected chi connectivity index (χ3v) is 6.26. The molecule has 0 spiro atoms. The van der Waals surface area contributed by atoms with Gasteiger partial charge >= 0.3 is 6.18 Å². The zero-order chi connectivity index (χ0) is 23.3. The molecule has 1 fully saturated rings. The first-order valence-electron chi connectivity index (χ1n) is 11.2. The van der Waals surface area contributed by atoms with E-state index in [9.17, 15) is 26.3 Å². The highest BCUT2D eigenvalue weighted by Gasteiger charge is 2.30. The van der Waals surface area contributed by atoms with Crippen LogP contribution in [0.25, 0.3) is 11.1 Å². The van der Waals surface area contributed by atoms with Crippen LogP contribution < -0.4 is 4.74 Å². The van der Waals surface area contributed by atoms with Crippen LogP contribution in [0.2, 0.25) is 0 Å². The monoisotopic (exact) mass is 458 g/mol. The van der Waals surface area contributed by atoms with Gasteiger partial charge in [0.2, 0.25) is 5.82 Å². The zero-order valence-electron chi connectivity index (χ0n) is 18.1. The predicted molar refractivity (Wildman–Crippen MR) is 112 cm³/mol. The van der Waals surface area contributed by atoms with Crippen LogP contribution in [0.5, 0.6) is 5.75 Å². The molecule has 0 amide bonds. The van der Waals surface area contributed by atoms with E-state index in [0.717, 1.165) is 49.3 Å². The van der Waals surface area contributed by atoms with Crippen molar-refractivity contribution >= 4 is 0 Å². The molecule has 0 atom stereocenters. The lowest BCUT2D eigenvalue weighted by Crippen LogP contribution is -2.19. The molecule has 1 aliphatic carbocycles. The second-order valence-electron chi connectivity index (χ2n) is 8.60. The fraction of sp³-hybridized carbons (Fsp3) is 0.520. The standard InChI is InChI=1S/C25H28F6O/c1-2-3-4-5-16-6-8-17(9-7-16)18-10-11-19(21(26)14-18)20-12-13-22(24(28)23(20)27)32-15-25(29,30)31/h10-14,16-17H,2-9,15H2,1H3. The van der Waals surface area contributed by atoms with Gasteiger partial charge < -0.3 is 4.74 Å². The summed E-state index contributed by atoms with van der Waals surface area (Å²) in [6.45, 7) is 0.443. The highest BCUT2D eigenvalue weighted by Crippen LogP contribution is 2.39. The van der Waals surface area contributed by atoms with Crippen molar-refractivity contribution in [1.82, 2.24) is 0 Å². The van der Waals surface area contributed by atoms with Gasteiger partial charge in [0, 0.05) is 11.1 Å². The lowest BCUT2D eigenvalue weighted by molar-refractivity contribution is -0.153. The molecular formula is C25H28F6O. The lowest BCUT2D eigenvalue weighted by atomic mass is 9.77. The second kappa shape index (κ2) is 10.6. The second-order valence-corrected chi connectivity index (χ2v) is 8.60. The van der Waals surface area contributed by atoms with Crippen molar-refractivity contribution in [2.75, 3.05) is 6.61 Å². The van der Waals surface area contributed by atoms with Crippen molar-refractivity contribution in [1.29, 1.82) is 0 Å². The van der Waals surface area contributed by atoms with Crippen molar-refractivity contribution in [2.45, 2.75) is 70.4 Å². The minimum atomic E-state index is -4.68. The molecular weight excluding hydrogens is 430 g/mol. The van der Waals surface area contributed by atoms with Crippen LogP contribution >= 0.6 is 0 Å². The maximum absolute atomic E-state index is 14.8. The normalized spacial score (nSPS) is 19.2. The zero-order valence-corrected chi connectivity index (χ0v) is 18.1. The molecule has 0 aliphatic heterocycles. The number of ether oxygens (including phenoxy) is 1. The molecule has 2 aromatic rings. The quantitative estimate of drug-likeness (QED) is 0.284. The summed E-state index contributed by atoms with van der Waals surface area (Å²) < 4.78 is 84.6. The molecule has 0 aromatic heterocycles. The van der Waals surface area contributed by atoms with Gasteiger partial charge in [-0.25, -0.2) is 8.78 Å². The summed E-state index contributed by atoms with van der Waals surface area (Å²) in [7, 11) is 0. The molecule has 0 saturated heterocycles. The van der Waals surface area contributed by atoms with Gasteiger partial charge in [-0.15, -0.1) is 0 Å². The molecule has 176 valence electrons. The van der Waals surface area contributed by atoms with Gasteiger partial charge in [-0.05, 0) is 61.3 Å². The van der Waals surface area contributed by atoms with Gasteiger partial charge in [0.1, 0.15) is 5.82 Å². The number of halogens is 6. The molecule has 32 heavy (non-hydrogen) atoms. The van der Waals surface area contributed by atoms with Gasteiger partial charge in [-0.2, -0.15) is 17.6 Å². The third-order valence-electron chi connectivity index (χ3n) is 6.26. The number of benzene rings is 2. The first kappa shape index (κ1) is 24.5. The van der Waals surface area contributed by atoms with Gasteiger partial charge in [-0.1, -0.05) is 44.7 Å². The highest BCUT2D eigenvalue weighted by atomic mass is 19.4. The summed E-state index contributed by atoms with van der Waals surface area (Å²) >= 11 is 0. The van der Waals surface area contributed by atoms with Crippen LogP contribution in [0, 0.1) is 23.4 Å². The van der Waals surface area contributed by atoms with Crippen LogP contribution in [0.15, 0.2) is 30.3 Å². The van der Waals surface area contributed by atoms with E-state index in [4.69, 9.17) is 0 Å². The van der Waals surface area contributed by atoms with E-state index in [-0.39, 0.29) is 17.0 Å². The molecule has 0 unspecified atom stereocenters. The minimum absolute atomic E-state index is 0.138.